The van der Waals surface area contributed by atoms with Crippen molar-refractivity contribution in [3.63, 3.8) is 0 Å². The Morgan fingerprint density at radius 3 is 1.87 bits per heavy atom. The fraction of sp³-hybridized carbons (Fsp3) is 0.882. The van der Waals surface area contributed by atoms with Gasteiger partial charge < -0.3 is 14.7 Å². The highest BCUT2D eigenvalue weighted by Gasteiger charge is 2.79. The molecule has 7 nitrogen and oxygen atoms in total. The lowest BCUT2D eigenvalue weighted by Gasteiger charge is -2.59. The topological polar surface area (TPSA) is 94.1 Å². The molecule has 0 amide bonds. The maximum absolute atomic E-state index is 13.2. The number of hydrogen-bond acceptors (Lipinski definition) is 8. The van der Waals surface area contributed by atoms with Gasteiger partial charge in [0.25, 0.3) is 0 Å². The zero-order valence-corrected chi connectivity index (χ0v) is 16.9. The first-order valence-corrected chi connectivity index (χ1v) is 10.2. The van der Waals surface area contributed by atoms with Crippen molar-refractivity contribution in [2.75, 3.05) is 6.61 Å². The summed E-state index contributed by atoms with van der Waals surface area (Å²) < 4.78 is 86.6. The molecule has 0 aliphatic heterocycles. The van der Waals surface area contributed by atoms with Crippen molar-refractivity contribution in [1.82, 2.24) is 0 Å². The lowest BCUT2D eigenvalue weighted by atomic mass is 9.50. The zero-order chi connectivity index (χ0) is 23.2. The van der Waals surface area contributed by atoms with E-state index in [1.54, 1.807) is 6.92 Å². The number of rotatable bonds is 7. The highest BCUT2D eigenvalue weighted by atomic mass is 32.2. The van der Waals surface area contributed by atoms with Gasteiger partial charge >= 0.3 is 29.0 Å². The zero-order valence-electron chi connectivity index (χ0n) is 16.1. The van der Waals surface area contributed by atoms with Crippen LogP contribution < -0.4 is 5.26 Å². The van der Waals surface area contributed by atoms with Crippen LogP contribution >= 0.6 is 12.0 Å². The smallest absolute Gasteiger partial charge is 0.425 e. The van der Waals surface area contributed by atoms with Gasteiger partial charge in [0.2, 0.25) is 0 Å². The molecule has 0 radical (unpaired) electrons. The first-order chi connectivity index (χ1) is 14.2. The second-order valence-corrected chi connectivity index (χ2v) is 9.35. The second-order valence-electron chi connectivity index (χ2n) is 8.43. The first kappa shape index (κ1) is 24.4. The van der Waals surface area contributed by atoms with E-state index in [0.29, 0.717) is 11.8 Å². The van der Waals surface area contributed by atoms with E-state index in [4.69, 9.17) is 4.74 Å². The molecule has 0 aromatic carbocycles. The molecule has 31 heavy (non-hydrogen) atoms. The number of hydrogen-bond donors (Lipinski definition) is 0. The van der Waals surface area contributed by atoms with E-state index >= 15 is 0 Å². The predicted molar refractivity (Wildman–Crippen MR) is 87.1 cm³/mol. The molecule has 0 aromatic rings. The Balaban J connectivity index is 1.68. The number of alkyl halides is 6. The van der Waals surface area contributed by atoms with Crippen LogP contribution in [0.25, 0.3) is 0 Å². The summed E-state index contributed by atoms with van der Waals surface area (Å²) in [5, 5.41) is 12.3. The van der Waals surface area contributed by atoms with Crippen molar-refractivity contribution in [2.24, 2.45) is 23.7 Å². The van der Waals surface area contributed by atoms with Gasteiger partial charge in [-0.05, 0) is 62.7 Å². The average Bonchev–Trinajstić information content (AvgIpc) is 2.62. The summed E-state index contributed by atoms with van der Waals surface area (Å²) in [7, 11) is 0. The molecule has 0 heterocycles. The molecule has 4 bridgehead atoms. The van der Waals surface area contributed by atoms with E-state index < -0.39 is 53.3 Å². The summed E-state index contributed by atoms with van der Waals surface area (Å²) >= 11 is -1.62. The van der Waals surface area contributed by atoms with Gasteiger partial charge in [0.1, 0.15) is 5.60 Å². The molecule has 0 N–H and O–H groups in total. The monoisotopic (exact) mass is 481 g/mol. The van der Waals surface area contributed by atoms with Gasteiger partial charge in [-0.3, -0.25) is 5.04 Å². The highest BCUT2D eigenvalue weighted by molar-refractivity contribution is 7.96. The van der Waals surface area contributed by atoms with Crippen molar-refractivity contribution in [2.45, 2.75) is 61.7 Å². The van der Waals surface area contributed by atoms with E-state index in [9.17, 15) is 41.2 Å². The number of esters is 2. The number of carbonyl (C=O) groups excluding carboxylic acids is 2. The SMILES string of the molecule is CC1(OC(=O)COC(=O)C(SOO[O-])(C(F)(F)F)C(F)(F)F)C2CC3CC(C2)CC1C3. The van der Waals surface area contributed by atoms with Crippen molar-refractivity contribution < 1.29 is 60.0 Å². The predicted octanol–water partition coefficient (Wildman–Crippen LogP) is 3.02. The third-order valence-electron chi connectivity index (χ3n) is 6.69. The maximum Gasteiger partial charge on any atom is 0.425 e. The molecule has 4 rings (SSSR count). The Bertz CT molecular complexity index is 668. The average molecular weight is 481 g/mol. The fourth-order valence-electron chi connectivity index (χ4n) is 5.37. The molecule has 14 heteroatoms. The van der Waals surface area contributed by atoms with Crippen molar-refractivity contribution in [1.29, 1.82) is 0 Å². The number of carbonyl (C=O) groups is 2. The normalized spacial score (nSPS) is 32.8. The molecule has 4 fully saturated rings. The minimum Gasteiger partial charge on any atom is -0.691 e. The minimum absolute atomic E-state index is 0.0333. The van der Waals surface area contributed by atoms with Crippen LogP contribution in [0, 0.1) is 23.7 Å². The lowest BCUT2D eigenvalue weighted by Crippen LogP contribution is -2.61. The van der Waals surface area contributed by atoms with Gasteiger partial charge in [0.05, 0.1) is 12.0 Å². The van der Waals surface area contributed by atoms with Crippen LogP contribution in [0.5, 0.6) is 0 Å². The van der Waals surface area contributed by atoms with E-state index in [1.165, 1.54) is 0 Å². The second kappa shape index (κ2) is 8.27. The van der Waals surface area contributed by atoms with Gasteiger partial charge in [-0.25, -0.2) is 9.59 Å². The fourth-order valence-corrected chi connectivity index (χ4v) is 5.82. The van der Waals surface area contributed by atoms with Crippen molar-refractivity contribution >= 4 is 24.0 Å². The standard InChI is InChI=1S/C17H20F6O7S/c1-14(10-3-8-2-9(5-10)6-11(14)4-8)28-12(24)7-27-13(25)15(16(18,19)20,17(21,22)23)31-30-29-26/h8-11,26H,2-7H2,1H3/p-1. The molecule has 0 spiro atoms. The van der Waals surface area contributed by atoms with Crippen LogP contribution in [0.1, 0.15) is 39.0 Å². The Morgan fingerprint density at radius 2 is 1.45 bits per heavy atom. The summed E-state index contributed by atoms with van der Waals surface area (Å²) in [5.41, 5.74) is -0.920. The Labute approximate surface area is 176 Å². The van der Waals surface area contributed by atoms with E-state index in [2.05, 4.69) is 14.1 Å². The van der Waals surface area contributed by atoms with Crippen LogP contribution in [-0.4, -0.2) is 41.2 Å². The van der Waals surface area contributed by atoms with Gasteiger partial charge in [-0.1, -0.05) is 0 Å². The molecular weight excluding hydrogens is 462 g/mol. The maximum atomic E-state index is 13.2. The third-order valence-corrected chi connectivity index (χ3v) is 7.69. The van der Waals surface area contributed by atoms with Crippen LogP contribution in [0.2, 0.25) is 0 Å². The largest absolute Gasteiger partial charge is 0.691 e. The molecule has 0 aromatic heterocycles. The summed E-state index contributed by atoms with van der Waals surface area (Å²) in [6.07, 6.45) is -8.17. The summed E-state index contributed by atoms with van der Waals surface area (Å²) in [5.74, 6) is -3.04. The van der Waals surface area contributed by atoms with E-state index in [0.717, 1.165) is 32.1 Å². The lowest BCUT2D eigenvalue weighted by molar-refractivity contribution is -0.777. The highest BCUT2D eigenvalue weighted by Crippen LogP contribution is 2.59. The van der Waals surface area contributed by atoms with Gasteiger partial charge in [0, 0.05) is 0 Å². The molecule has 4 aliphatic rings. The Kier molecular flexibility index (Phi) is 6.51. The minimum atomic E-state index is -6.29. The van der Waals surface area contributed by atoms with Crippen LogP contribution in [-0.2, 0) is 28.4 Å². The molecule has 0 saturated heterocycles. The summed E-state index contributed by atoms with van der Waals surface area (Å²) in [6, 6.07) is 0. The molecule has 4 aliphatic carbocycles. The summed E-state index contributed by atoms with van der Waals surface area (Å²) in [4.78, 5) is 24.1. The van der Waals surface area contributed by atoms with Gasteiger partial charge in [-0.15, -0.1) is 0 Å². The third kappa shape index (κ3) is 4.23. The first-order valence-electron chi connectivity index (χ1n) is 9.41. The molecule has 178 valence electrons. The molecule has 0 atom stereocenters. The Hall–Kier alpha value is -1.25. The Morgan fingerprint density at radius 1 is 0.968 bits per heavy atom. The van der Waals surface area contributed by atoms with Crippen molar-refractivity contribution in [3.05, 3.63) is 0 Å². The summed E-state index contributed by atoms with van der Waals surface area (Å²) in [6.45, 7) is 0.234. The van der Waals surface area contributed by atoms with Crippen LogP contribution in [0.4, 0.5) is 26.3 Å². The van der Waals surface area contributed by atoms with E-state index in [1.807, 2.05) is 0 Å². The van der Waals surface area contributed by atoms with Gasteiger partial charge in [0.15, 0.2) is 6.61 Å². The quantitative estimate of drug-likeness (QED) is 0.180. The molecule has 4 saturated carbocycles. The van der Waals surface area contributed by atoms with Crippen molar-refractivity contribution in [3.8, 4) is 0 Å². The van der Waals surface area contributed by atoms with Crippen LogP contribution in [0.3, 0.4) is 0 Å². The molecule has 0 unspecified atom stereocenters. The van der Waals surface area contributed by atoms with E-state index in [-0.39, 0.29) is 11.8 Å². The van der Waals surface area contributed by atoms with Crippen LogP contribution in [0.15, 0.2) is 0 Å². The molecular formula is C17H19F6O7S-. The number of ether oxygens (including phenoxy) is 2. The van der Waals surface area contributed by atoms with Gasteiger partial charge in [-0.2, -0.15) is 30.7 Å². The number of halogens is 6.